The van der Waals surface area contributed by atoms with Gasteiger partial charge in [-0.1, -0.05) is 0 Å². The molecule has 0 fully saturated rings. The van der Waals surface area contributed by atoms with Crippen LogP contribution < -0.4 is 10.3 Å². The molecular weight excluding hydrogens is 216 g/mol. The summed E-state index contributed by atoms with van der Waals surface area (Å²) in [5, 5.41) is 0.585. The summed E-state index contributed by atoms with van der Waals surface area (Å²) in [7, 11) is 2.01. The van der Waals surface area contributed by atoms with Crippen LogP contribution in [0.5, 0.6) is 0 Å². The Balaban J connectivity index is 2.36. The highest BCUT2D eigenvalue weighted by molar-refractivity contribution is 5.77. The van der Waals surface area contributed by atoms with Crippen molar-refractivity contribution in [2.75, 3.05) is 18.5 Å². The second-order valence-corrected chi connectivity index (χ2v) is 4.44. The van der Waals surface area contributed by atoms with Crippen LogP contribution in [-0.2, 0) is 6.42 Å². The maximum absolute atomic E-state index is 12.3. The monoisotopic (exact) mass is 230 g/mol. The van der Waals surface area contributed by atoms with Gasteiger partial charge in [-0.15, -0.1) is 0 Å². The number of nitrogens with one attached hydrogen (secondary N) is 1. The Labute approximate surface area is 98.5 Å². The van der Waals surface area contributed by atoms with Gasteiger partial charge in [-0.2, -0.15) is 0 Å². The predicted octanol–water partition coefficient (Wildman–Crippen LogP) is 1.09. The Hall–Kier alpha value is -1.91. The minimum absolute atomic E-state index is 0.0723. The largest absolute Gasteiger partial charge is 0.361 e. The maximum Gasteiger partial charge on any atom is 0.197 e. The first-order valence-corrected chi connectivity index (χ1v) is 5.83. The number of fused-ring (bicyclic) bond motifs is 2. The molecule has 1 aliphatic heterocycles. The summed E-state index contributed by atoms with van der Waals surface area (Å²) in [6, 6.07) is 0. The first kappa shape index (κ1) is 10.3. The summed E-state index contributed by atoms with van der Waals surface area (Å²) >= 11 is 0. The highest BCUT2D eigenvalue weighted by Gasteiger charge is 2.18. The van der Waals surface area contributed by atoms with Crippen LogP contribution in [-0.4, -0.2) is 28.5 Å². The number of hydrogen-bond donors (Lipinski definition) is 1. The minimum atomic E-state index is 0.0723. The highest BCUT2D eigenvalue weighted by atomic mass is 16.1. The van der Waals surface area contributed by atoms with E-state index < -0.39 is 0 Å². The number of aromatic amines is 1. The van der Waals surface area contributed by atoms with Gasteiger partial charge in [0.1, 0.15) is 17.8 Å². The van der Waals surface area contributed by atoms with E-state index in [0.717, 1.165) is 37.2 Å². The van der Waals surface area contributed by atoms with Gasteiger partial charge in [0.25, 0.3) is 0 Å². The lowest BCUT2D eigenvalue weighted by molar-refractivity contribution is 0.748. The molecule has 0 radical (unpaired) electrons. The topological polar surface area (TPSA) is 61.9 Å². The van der Waals surface area contributed by atoms with Gasteiger partial charge in [0.05, 0.1) is 5.39 Å². The quantitative estimate of drug-likeness (QED) is 0.736. The van der Waals surface area contributed by atoms with Gasteiger partial charge < -0.3 is 9.88 Å². The SMILES string of the molecule is CN1CCCCc2c1[nH]c1ncncc1c2=O. The van der Waals surface area contributed by atoms with E-state index in [-0.39, 0.29) is 5.43 Å². The third-order valence-corrected chi connectivity index (χ3v) is 3.31. The second-order valence-electron chi connectivity index (χ2n) is 4.44. The number of nitrogens with zero attached hydrogens (tertiary/aromatic N) is 3. The van der Waals surface area contributed by atoms with Gasteiger partial charge in [0, 0.05) is 25.4 Å². The first-order valence-electron chi connectivity index (χ1n) is 5.83. The molecule has 0 spiro atoms. The van der Waals surface area contributed by atoms with Crippen molar-refractivity contribution in [2.24, 2.45) is 0 Å². The molecule has 0 atom stereocenters. The van der Waals surface area contributed by atoms with Crippen LogP contribution in [0.25, 0.3) is 11.0 Å². The number of hydrogen-bond acceptors (Lipinski definition) is 4. The zero-order valence-electron chi connectivity index (χ0n) is 9.73. The Morgan fingerprint density at radius 2 is 2.29 bits per heavy atom. The molecule has 17 heavy (non-hydrogen) atoms. The van der Waals surface area contributed by atoms with Crippen molar-refractivity contribution in [3.05, 3.63) is 28.3 Å². The third kappa shape index (κ3) is 1.58. The van der Waals surface area contributed by atoms with Crippen molar-refractivity contribution >= 4 is 16.9 Å². The molecule has 88 valence electrons. The number of pyridine rings is 1. The van der Waals surface area contributed by atoms with Crippen molar-refractivity contribution in [2.45, 2.75) is 19.3 Å². The molecule has 2 aromatic heterocycles. The van der Waals surface area contributed by atoms with Crippen LogP contribution in [0.3, 0.4) is 0 Å². The van der Waals surface area contributed by atoms with E-state index >= 15 is 0 Å². The molecule has 0 aliphatic carbocycles. The smallest absolute Gasteiger partial charge is 0.197 e. The predicted molar refractivity (Wildman–Crippen MR) is 66.4 cm³/mol. The Morgan fingerprint density at radius 3 is 3.18 bits per heavy atom. The molecule has 1 aliphatic rings. The van der Waals surface area contributed by atoms with E-state index in [4.69, 9.17) is 0 Å². The van der Waals surface area contributed by atoms with Crippen LogP contribution in [0.15, 0.2) is 17.3 Å². The lowest BCUT2D eigenvalue weighted by atomic mass is 10.1. The molecule has 5 nitrogen and oxygen atoms in total. The highest BCUT2D eigenvalue weighted by Crippen LogP contribution is 2.22. The minimum Gasteiger partial charge on any atom is -0.361 e. The van der Waals surface area contributed by atoms with Crippen LogP contribution in [0.1, 0.15) is 18.4 Å². The molecule has 0 aromatic carbocycles. The maximum atomic E-state index is 12.3. The Kier molecular flexibility index (Phi) is 2.31. The van der Waals surface area contributed by atoms with Gasteiger partial charge in [0.15, 0.2) is 5.43 Å². The molecular formula is C12H14N4O. The molecule has 2 aromatic rings. The summed E-state index contributed by atoms with van der Waals surface area (Å²) in [5.74, 6) is 0.915. The normalized spacial score (nSPS) is 15.7. The van der Waals surface area contributed by atoms with Crippen LogP contribution >= 0.6 is 0 Å². The van der Waals surface area contributed by atoms with E-state index in [2.05, 4.69) is 19.9 Å². The van der Waals surface area contributed by atoms with E-state index in [1.165, 1.54) is 6.33 Å². The molecule has 3 rings (SSSR count). The van der Waals surface area contributed by atoms with Crippen molar-refractivity contribution in [1.29, 1.82) is 0 Å². The fourth-order valence-electron chi connectivity index (χ4n) is 2.37. The number of anilines is 1. The standard InChI is InChI=1S/C12H14N4O/c1-16-5-3-2-4-8-10(17)9-6-13-7-14-11(9)15-12(8)16/h6-7H,2-5H2,1H3,(H,13,14,15,17). The van der Waals surface area contributed by atoms with E-state index in [0.29, 0.717) is 11.0 Å². The van der Waals surface area contributed by atoms with Gasteiger partial charge in [-0.25, -0.2) is 9.97 Å². The molecule has 1 N–H and O–H groups in total. The average molecular weight is 230 g/mol. The fraction of sp³-hybridized carbons (Fsp3) is 0.417. The van der Waals surface area contributed by atoms with Gasteiger partial charge in [-0.3, -0.25) is 4.79 Å². The summed E-state index contributed by atoms with van der Waals surface area (Å²) in [6.07, 6.45) is 6.05. The average Bonchev–Trinajstić information content (AvgIpc) is 2.53. The van der Waals surface area contributed by atoms with Crippen LogP contribution in [0.4, 0.5) is 5.82 Å². The molecule has 3 heterocycles. The van der Waals surface area contributed by atoms with Gasteiger partial charge in [-0.05, 0) is 19.3 Å². The zero-order chi connectivity index (χ0) is 11.8. The van der Waals surface area contributed by atoms with E-state index in [1.807, 2.05) is 7.05 Å². The Bertz CT molecular complexity index is 619. The molecule has 0 amide bonds. The summed E-state index contributed by atoms with van der Waals surface area (Å²) < 4.78 is 0. The van der Waals surface area contributed by atoms with Crippen LogP contribution in [0.2, 0.25) is 0 Å². The summed E-state index contributed by atoms with van der Waals surface area (Å²) in [4.78, 5) is 25.7. The summed E-state index contributed by atoms with van der Waals surface area (Å²) in [5.41, 5.74) is 1.56. The molecule has 5 heteroatoms. The lowest BCUT2D eigenvalue weighted by Gasteiger charge is -2.18. The summed E-state index contributed by atoms with van der Waals surface area (Å²) in [6.45, 7) is 0.972. The molecule has 0 bridgehead atoms. The van der Waals surface area contributed by atoms with Crippen LogP contribution in [0, 0.1) is 0 Å². The number of aromatic nitrogens is 3. The third-order valence-electron chi connectivity index (χ3n) is 3.31. The first-order chi connectivity index (χ1) is 8.27. The molecule has 0 unspecified atom stereocenters. The van der Waals surface area contributed by atoms with Crippen molar-refractivity contribution in [3.63, 3.8) is 0 Å². The van der Waals surface area contributed by atoms with E-state index in [9.17, 15) is 4.79 Å². The van der Waals surface area contributed by atoms with E-state index in [1.54, 1.807) is 6.20 Å². The zero-order valence-corrected chi connectivity index (χ0v) is 9.73. The number of H-pyrrole nitrogens is 1. The molecule has 0 saturated carbocycles. The number of rotatable bonds is 0. The van der Waals surface area contributed by atoms with Gasteiger partial charge >= 0.3 is 0 Å². The van der Waals surface area contributed by atoms with Crippen molar-refractivity contribution < 1.29 is 0 Å². The van der Waals surface area contributed by atoms with Crippen molar-refractivity contribution in [1.82, 2.24) is 15.0 Å². The lowest BCUT2D eigenvalue weighted by Crippen LogP contribution is -2.23. The molecule has 0 saturated heterocycles. The Morgan fingerprint density at radius 1 is 1.41 bits per heavy atom. The fourth-order valence-corrected chi connectivity index (χ4v) is 2.37. The van der Waals surface area contributed by atoms with Gasteiger partial charge in [0.2, 0.25) is 0 Å². The second kappa shape index (κ2) is 3.84. The van der Waals surface area contributed by atoms with Crippen molar-refractivity contribution in [3.8, 4) is 0 Å².